The van der Waals surface area contributed by atoms with Crippen LogP contribution in [0.15, 0.2) is 48.5 Å². The Morgan fingerprint density at radius 1 is 1.00 bits per heavy atom. The van der Waals surface area contributed by atoms with Crippen molar-refractivity contribution in [2.45, 2.75) is 26.2 Å². The molecule has 110 valence electrons. The van der Waals surface area contributed by atoms with E-state index in [1.165, 1.54) is 11.1 Å². The lowest BCUT2D eigenvalue weighted by Crippen LogP contribution is -2.26. The van der Waals surface area contributed by atoms with Gasteiger partial charge in [0, 0.05) is 11.6 Å². The Bertz CT molecular complexity index is 575. The number of aryl methyl sites for hydroxylation is 2. The standard InChI is InChI=1S/C18H20ClNO/c1-14-4-6-15(7-5-14)3-2-12-20-18(21)13-16-8-10-17(19)11-9-16/h4-11H,2-3,12-13H2,1H3,(H,20,21). The van der Waals surface area contributed by atoms with Crippen molar-refractivity contribution in [2.24, 2.45) is 0 Å². The summed E-state index contributed by atoms with van der Waals surface area (Å²) in [6.45, 7) is 2.79. The zero-order valence-corrected chi connectivity index (χ0v) is 13.0. The monoisotopic (exact) mass is 301 g/mol. The molecule has 2 aromatic rings. The maximum absolute atomic E-state index is 11.8. The van der Waals surface area contributed by atoms with Crippen LogP contribution < -0.4 is 5.32 Å². The summed E-state index contributed by atoms with van der Waals surface area (Å²) in [5.41, 5.74) is 3.57. The maximum Gasteiger partial charge on any atom is 0.224 e. The number of carbonyl (C=O) groups is 1. The van der Waals surface area contributed by atoms with Gasteiger partial charge < -0.3 is 5.32 Å². The number of rotatable bonds is 6. The minimum absolute atomic E-state index is 0.0567. The van der Waals surface area contributed by atoms with Gasteiger partial charge >= 0.3 is 0 Å². The summed E-state index contributed by atoms with van der Waals surface area (Å²) in [7, 11) is 0. The molecule has 0 aliphatic rings. The van der Waals surface area contributed by atoms with Gasteiger partial charge in [-0.15, -0.1) is 0 Å². The number of hydrogen-bond donors (Lipinski definition) is 1. The molecule has 2 aromatic carbocycles. The Labute approximate surface area is 131 Å². The zero-order valence-electron chi connectivity index (χ0n) is 12.2. The number of halogens is 1. The van der Waals surface area contributed by atoms with E-state index in [0.717, 1.165) is 18.4 Å². The molecule has 3 heteroatoms. The molecule has 0 spiro atoms. The van der Waals surface area contributed by atoms with Crippen LogP contribution >= 0.6 is 11.6 Å². The summed E-state index contributed by atoms with van der Waals surface area (Å²) in [5.74, 6) is 0.0567. The van der Waals surface area contributed by atoms with Crippen molar-refractivity contribution in [3.8, 4) is 0 Å². The second-order valence-electron chi connectivity index (χ2n) is 5.24. The molecular weight excluding hydrogens is 282 g/mol. The van der Waals surface area contributed by atoms with E-state index in [0.29, 0.717) is 18.0 Å². The van der Waals surface area contributed by atoms with Crippen LogP contribution in [0.1, 0.15) is 23.1 Å². The highest BCUT2D eigenvalue weighted by Crippen LogP contribution is 2.10. The van der Waals surface area contributed by atoms with Crippen LogP contribution in [0, 0.1) is 6.92 Å². The number of carbonyl (C=O) groups excluding carboxylic acids is 1. The predicted molar refractivity (Wildman–Crippen MR) is 87.7 cm³/mol. The first-order valence-electron chi connectivity index (χ1n) is 7.20. The topological polar surface area (TPSA) is 29.1 Å². The molecule has 2 nitrogen and oxygen atoms in total. The Balaban J connectivity index is 1.67. The minimum atomic E-state index is 0.0567. The summed E-state index contributed by atoms with van der Waals surface area (Å²) < 4.78 is 0. The van der Waals surface area contributed by atoms with Gasteiger partial charge in [0.05, 0.1) is 6.42 Å². The van der Waals surface area contributed by atoms with E-state index in [1.807, 2.05) is 24.3 Å². The van der Waals surface area contributed by atoms with Gasteiger partial charge in [0.1, 0.15) is 0 Å². The van der Waals surface area contributed by atoms with Crippen molar-refractivity contribution in [1.29, 1.82) is 0 Å². The molecule has 1 amide bonds. The van der Waals surface area contributed by atoms with Crippen molar-refractivity contribution in [3.05, 3.63) is 70.2 Å². The lowest BCUT2D eigenvalue weighted by atomic mass is 10.1. The van der Waals surface area contributed by atoms with Crippen LogP contribution in [0.5, 0.6) is 0 Å². The van der Waals surface area contributed by atoms with E-state index in [-0.39, 0.29) is 5.91 Å². The summed E-state index contributed by atoms with van der Waals surface area (Å²) >= 11 is 5.82. The van der Waals surface area contributed by atoms with Gasteiger partial charge in [-0.1, -0.05) is 53.6 Å². The van der Waals surface area contributed by atoms with Crippen LogP contribution in [0.2, 0.25) is 5.02 Å². The second kappa shape index (κ2) is 7.84. The van der Waals surface area contributed by atoms with Crippen LogP contribution in [-0.2, 0) is 17.6 Å². The molecule has 21 heavy (non-hydrogen) atoms. The Morgan fingerprint density at radius 2 is 1.62 bits per heavy atom. The zero-order chi connectivity index (χ0) is 15.1. The van der Waals surface area contributed by atoms with Gasteiger partial charge in [-0.05, 0) is 43.0 Å². The molecule has 0 aliphatic carbocycles. The van der Waals surface area contributed by atoms with Crippen LogP contribution in [0.3, 0.4) is 0 Å². The van der Waals surface area contributed by atoms with E-state index in [9.17, 15) is 4.79 Å². The van der Waals surface area contributed by atoms with Crippen molar-refractivity contribution in [3.63, 3.8) is 0 Å². The molecule has 0 fully saturated rings. The molecule has 0 heterocycles. The van der Waals surface area contributed by atoms with E-state index in [4.69, 9.17) is 11.6 Å². The minimum Gasteiger partial charge on any atom is -0.356 e. The molecule has 0 aromatic heterocycles. The third-order valence-corrected chi connectivity index (χ3v) is 3.61. The van der Waals surface area contributed by atoms with Crippen molar-refractivity contribution in [1.82, 2.24) is 5.32 Å². The van der Waals surface area contributed by atoms with E-state index in [2.05, 4.69) is 36.5 Å². The largest absolute Gasteiger partial charge is 0.356 e. The molecule has 0 unspecified atom stereocenters. The van der Waals surface area contributed by atoms with E-state index < -0.39 is 0 Å². The molecular formula is C18H20ClNO. The van der Waals surface area contributed by atoms with Gasteiger partial charge in [-0.25, -0.2) is 0 Å². The Kier molecular flexibility index (Phi) is 5.82. The number of amides is 1. The first-order chi connectivity index (χ1) is 10.1. The third-order valence-electron chi connectivity index (χ3n) is 3.36. The van der Waals surface area contributed by atoms with Crippen molar-refractivity contribution < 1.29 is 4.79 Å². The summed E-state index contributed by atoms with van der Waals surface area (Å²) in [6.07, 6.45) is 2.35. The Hall–Kier alpha value is -1.80. The summed E-state index contributed by atoms with van der Waals surface area (Å²) in [6, 6.07) is 15.9. The lowest BCUT2D eigenvalue weighted by Gasteiger charge is -2.06. The van der Waals surface area contributed by atoms with Crippen LogP contribution in [-0.4, -0.2) is 12.5 Å². The smallest absolute Gasteiger partial charge is 0.224 e. The normalized spacial score (nSPS) is 10.4. The van der Waals surface area contributed by atoms with Crippen molar-refractivity contribution >= 4 is 17.5 Å². The van der Waals surface area contributed by atoms with Crippen molar-refractivity contribution in [2.75, 3.05) is 6.54 Å². The second-order valence-corrected chi connectivity index (χ2v) is 5.68. The molecule has 0 saturated heterocycles. The highest BCUT2D eigenvalue weighted by atomic mass is 35.5. The quantitative estimate of drug-likeness (QED) is 0.805. The molecule has 0 radical (unpaired) electrons. The fourth-order valence-corrected chi connectivity index (χ4v) is 2.25. The fraction of sp³-hybridized carbons (Fsp3) is 0.278. The van der Waals surface area contributed by atoms with Gasteiger partial charge in [0.15, 0.2) is 0 Å². The average molecular weight is 302 g/mol. The highest BCUT2D eigenvalue weighted by Gasteiger charge is 2.02. The predicted octanol–water partition coefficient (Wildman–Crippen LogP) is 3.94. The number of nitrogens with one attached hydrogen (secondary N) is 1. The molecule has 1 N–H and O–H groups in total. The number of hydrogen-bond acceptors (Lipinski definition) is 1. The molecule has 0 bridgehead atoms. The van der Waals surface area contributed by atoms with Gasteiger partial charge in [-0.3, -0.25) is 4.79 Å². The Morgan fingerprint density at radius 3 is 2.29 bits per heavy atom. The van der Waals surface area contributed by atoms with E-state index in [1.54, 1.807) is 0 Å². The number of benzene rings is 2. The first kappa shape index (κ1) is 15.6. The molecule has 0 saturated carbocycles. The molecule has 2 rings (SSSR count). The van der Waals surface area contributed by atoms with Gasteiger partial charge in [0.25, 0.3) is 0 Å². The van der Waals surface area contributed by atoms with E-state index >= 15 is 0 Å². The van der Waals surface area contributed by atoms with Gasteiger partial charge in [-0.2, -0.15) is 0 Å². The average Bonchev–Trinajstić information content (AvgIpc) is 2.48. The lowest BCUT2D eigenvalue weighted by molar-refractivity contribution is -0.120. The van der Waals surface area contributed by atoms with Crippen LogP contribution in [0.4, 0.5) is 0 Å². The first-order valence-corrected chi connectivity index (χ1v) is 7.58. The highest BCUT2D eigenvalue weighted by molar-refractivity contribution is 6.30. The van der Waals surface area contributed by atoms with Crippen LogP contribution in [0.25, 0.3) is 0 Å². The third kappa shape index (κ3) is 5.60. The summed E-state index contributed by atoms with van der Waals surface area (Å²) in [5, 5.41) is 3.65. The maximum atomic E-state index is 11.8. The fourth-order valence-electron chi connectivity index (χ4n) is 2.13. The summed E-state index contributed by atoms with van der Waals surface area (Å²) in [4.78, 5) is 11.8. The molecule has 0 aliphatic heterocycles. The SMILES string of the molecule is Cc1ccc(CCCNC(=O)Cc2ccc(Cl)cc2)cc1. The van der Waals surface area contributed by atoms with Gasteiger partial charge in [0.2, 0.25) is 5.91 Å². The molecule has 0 atom stereocenters.